The summed E-state index contributed by atoms with van der Waals surface area (Å²) in [7, 11) is 0. The van der Waals surface area contributed by atoms with Crippen molar-refractivity contribution in [2.75, 3.05) is 12.4 Å². The number of hydrogen-bond acceptors (Lipinski definition) is 3. The molecule has 1 saturated heterocycles. The SMILES string of the molecule is CC1(C)CC(N(CCC#N)C(=O)CCl)CC(C)(C)N1. The van der Waals surface area contributed by atoms with E-state index in [1.807, 2.05) is 0 Å². The fourth-order valence-corrected chi connectivity index (χ4v) is 3.40. The number of nitrogens with zero attached hydrogens (tertiary/aromatic N) is 2. The molecule has 0 atom stereocenters. The first-order valence-electron chi connectivity index (χ1n) is 6.72. The Kier molecular flexibility index (Phi) is 5.23. The zero-order valence-corrected chi connectivity index (χ0v) is 13.0. The molecule has 1 rings (SSSR count). The van der Waals surface area contributed by atoms with Gasteiger partial charge in [-0.1, -0.05) is 0 Å². The number of carbonyl (C=O) groups excluding carboxylic acids is 1. The van der Waals surface area contributed by atoms with Crippen LogP contribution in [0.3, 0.4) is 0 Å². The third kappa shape index (κ3) is 4.67. The van der Waals surface area contributed by atoms with Crippen molar-refractivity contribution in [2.24, 2.45) is 0 Å². The fourth-order valence-electron chi connectivity index (χ4n) is 3.25. The van der Waals surface area contributed by atoms with Gasteiger partial charge in [-0.15, -0.1) is 11.6 Å². The quantitative estimate of drug-likeness (QED) is 0.806. The number of nitrogens with one attached hydrogen (secondary N) is 1. The van der Waals surface area contributed by atoms with Gasteiger partial charge in [0.1, 0.15) is 5.88 Å². The maximum atomic E-state index is 12.0. The van der Waals surface area contributed by atoms with Crippen LogP contribution in [-0.2, 0) is 4.79 Å². The van der Waals surface area contributed by atoms with Crippen LogP contribution in [0.1, 0.15) is 47.0 Å². The van der Waals surface area contributed by atoms with Crippen molar-refractivity contribution >= 4 is 17.5 Å². The minimum absolute atomic E-state index is 0.0176. The molecule has 0 aromatic carbocycles. The molecule has 0 aromatic rings. The van der Waals surface area contributed by atoms with Gasteiger partial charge in [-0.25, -0.2) is 0 Å². The second-order valence-electron chi connectivity index (χ2n) is 6.58. The summed E-state index contributed by atoms with van der Waals surface area (Å²) in [6, 6.07) is 2.25. The lowest BCUT2D eigenvalue weighted by molar-refractivity contribution is -0.132. The Morgan fingerprint density at radius 3 is 2.32 bits per heavy atom. The van der Waals surface area contributed by atoms with E-state index in [2.05, 4.69) is 39.1 Å². The fraction of sp³-hybridized carbons (Fsp3) is 0.857. The number of amides is 1. The first-order valence-corrected chi connectivity index (χ1v) is 7.26. The van der Waals surface area contributed by atoms with Gasteiger partial charge in [-0.3, -0.25) is 4.79 Å². The van der Waals surface area contributed by atoms with Crippen molar-refractivity contribution in [3.8, 4) is 6.07 Å². The minimum atomic E-state index is -0.0737. The van der Waals surface area contributed by atoms with E-state index in [0.29, 0.717) is 13.0 Å². The van der Waals surface area contributed by atoms with Crippen molar-refractivity contribution in [3.05, 3.63) is 0 Å². The molecule has 5 heteroatoms. The van der Waals surface area contributed by atoms with E-state index in [1.165, 1.54) is 0 Å². The van der Waals surface area contributed by atoms with Gasteiger partial charge in [0, 0.05) is 23.7 Å². The van der Waals surface area contributed by atoms with E-state index in [4.69, 9.17) is 16.9 Å². The summed E-state index contributed by atoms with van der Waals surface area (Å²) in [5.41, 5.74) is -0.0478. The van der Waals surface area contributed by atoms with Crippen LogP contribution in [0.15, 0.2) is 0 Å². The Morgan fingerprint density at radius 1 is 1.37 bits per heavy atom. The lowest BCUT2D eigenvalue weighted by Crippen LogP contribution is -2.63. The summed E-state index contributed by atoms with van der Waals surface area (Å²) >= 11 is 5.70. The zero-order valence-electron chi connectivity index (χ0n) is 12.3. The number of carbonyl (C=O) groups is 1. The van der Waals surface area contributed by atoms with Gasteiger partial charge in [0.15, 0.2) is 0 Å². The molecule has 1 N–H and O–H groups in total. The van der Waals surface area contributed by atoms with E-state index < -0.39 is 0 Å². The number of hydrogen-bond donors (Lipinski definition) is 1. The highest BCUT2D eigenvalue weighted by Crippen LogP contribution is 2.31. The third-order valence-corrected chi connectivity index (χ3v) is 3.74. The lowest BCUT2D eigenvalue weighted by Gasteiger charge is -2.49. The molecule has 4 nitrogen and oxygen atoms in total. The molecule has 0 aromatic heterocycles. The van der Waals surface area contributed by atoms with E-state index in [1.54, 1.807) is 4.90 Å². The summed E-state index contributed by atoms with van der Waals surface area (Å²) in [5.74, 6) is -0.0913. The molecule has 0 radical (unpaired) electrons. The van der Waals surface area contributed by atoms with Crippen molar-refractivity contribution in [3.63, 3.8) is 0 Å². The normalized spacial score (nSPS) is 21.7. The molecule has 0 saturated carbocycles. The molecule has 1 amide bonds. The van der Waals surface area contributed by atoms with Crippen LogP contribution in [-0.4, -0.2) is 40.4 Å². The van der Waals surface area contributed by atoms with Gasteiger partial charge in [-0.2, -0.15) is 5.26 Å². The van der Waals surface area contributed by atoms with E-state index in [9.17, 15) is 4.79 Å². The summed E-state index contributed by atoms with van der Waals surface area (Å²) in [5, 5.41) is 12.3. The van der Waals surface area contributed by atoms with E-state index >= 15 is 0 Å². The average molecular weight is 286 g/mol. The summed E-state index contributed by atoms with van der Waals surface area (Å²) < 4.78 is 0. The van der Waals surface area contributed by atoms with Crippen LogP contribution >= 0.6 is 11.6 Å². The van der Waals surface area contributed by atoms with Crippen LogP contribution in [0.5, 0.6) is 0 Å². The minimum Gasteiger partial charge on any atom is -0.338 e. The van der Waals surface area contributed by atoms with Gasteiger partial charge >= 0.3 is 0 Å². The molecule has 0 bridgehead atoms. The van der Waals surface area contributed by atoms with Crippen molar-refractivity contribution in [2.45, 2.75) is 64.1 Å². The maximum Gasteiger partial charge on any atom is 0.237 e. The molecule has 19 heavy (non-hydrogen) atoms. The van der Waals surface area contributed by atoms with Gasteiger partial charge in [0.25, 0.3) is 0 Å². The molecule has 1 aliphatic rings. The van der Waals surface area contributed by atoms with Crippen molar-refractivity contribution < 1.29 is 4.79 Å². The summed E-state index contributed by atoms with van der Waals surface area (Å²) in [6.07, 6.45) is 2.11. The highest BCUT2D eigenvalue weighted by molar-refractivity contribution is 6.27. The Balaban J connectivity index is 2.88. The molecule has 1 heterocycles. The van der Waals surface area contributed by atoms with Gasteiger partial charge < -0.3 is 10.2 Å². The predicted octanol–water partition coefficient (Wildman–Crippen LogP) is 2.28. The maximum absolute atomic E-state index is 12.0. The average Bonchev–Trinajstić information content (AvgIpc) is 2.25. The molecule has 0 aliphatic carbocycles. The van der Waals surface area contributed by atoms with Crippen LogP contribution in [0.25, 0.3) is 0 Å². The molecular formula is C14H24ClN3O. The van der Waals surface area contributed by atoms with Gasteiger partial charge in [0.2, 0.25) is 5.91 Å². The lowest BCUT2D eigenvalue weighted by atomic mass is 9.79. The molecular weight excluding hydrogens is 262 g/mol. The largest absolute Gasteiger partial charge is 0.338 e. The molecule has 1 fully saturated rings. The van der Waals surface area contributed by atoms with Crippen molar-refractivity contribution in [1.29, 1.82) is 5.26 Å². The number of piperidine rings is 1. The van der Waals surface area contributed by atoms with Crippen LogP contribution < -0.4 is 5.32 Å². The number of halogens is 1. The topological polar surface area (TPSA) is 56.1 Å². The first-order chi connectivity index (χ1) is 8.71. The highest BCUT2D eigenvalue weighted by Gasteiger charge is 2.40. The van der Waals surface area contributed by atoms with E-state index in [0.717, 1.165) is 12.8 Å². The standard InChI is InChI=1S/C14H24ClN3O/c1-13(2)8-11(9-14(3,4)17-13)18(7-5-6-16)12(19)10-15/h11,17H,5,7-10H2,1-4H3. The Labute approximate surface area is 121 Å². The van der Waals surface area contributed by atoms with Gasteiger partial charge in [-0.05, 0) is 40.5 Å². The second kappa shape index (κ2) is 6.11. The number of nitriles is 1. The third-order valence-electron chi connectivity index (χ3n) is 3.51. The Bertz CT molecular complexity index is 357. The summed E-state index contributed by atoms with van der Waals surface area (Å²) in [4.78, 5) is 13.8. The number of alkyl halides is 1. The van der Waals surface area contributed by atoms with Crippen LogP contribution in [0.4, 0.5) is 0 Å². The predicted molar refractivity (Wildman–Crippen MR) is 77.0 cm³/mol. The first kappa shape index (κ1) is 16.3. The molecule has 0 unspecified atom stereocenters. The zero-order chi connectivity index (χ0) is 14.7. The smallest absolute Gasteiger partial charge is 0.237 e. The Hall–Kier alpha value is -0.790. The van der Waals surface area contributed by atoms with E-state index in [-0.39, 0.29) is 28.9 Å². The molecule has 0 spiro atoms. The summed E-state index contributed by atoms with van der Waals surface area (Å²) in [6.45, 7) is 9.06. The van der Waals surface area contributed by atoms with Gasteiger partial charge in [0.05, 0.1) is 12.5 Å². The highest BCUT2D eigenvalue weighted by atomic mass is 35.5. The molecule has 1 aliphatic heterocycles. The van der Waals surface area contributed by atoms with Crippen molar-refractivity contribution in [1.82, 2.24) is 10.2 Å². The Morgan fingerprint density at radius 2 is 1.89 bits per heavy atom. The van der Waals surface area contributed by atoms with Crippen LogP contribution in [0, 0.1) is 11.3 Å². The molecule has 108 valence electrons. The number of rotatable bonds is 4. The second-order valence-corrected chi connectivity index (χ2v) is 6.85. The monoisotopic (exact) mass is 285 g/mol. The van der Waals surface area contributed by atoms with Crippen LogP contribution in [0.2, 0.25) is 0 Å².